The number of esters is 1. The number of hydrogen-bond donors (Lipinski definition) is 1. The Morgan fingerprint density at radius 3 is 2.63 bits per heavy atom. The number of ether oxygens (including phenoxy) is 1. The van der Waals surface area contributed by atoms with Crippen molar-refractivity contribution in [3.63, 3.8) is 0 Å². The van der Waals surface area contributed by atoms with Gasteiger partial charge in [-0.1, -0.05) is 18.2 Å². The van der Waals surface area contributed by atoms with E-state index in [1.807, 2.05) is 0 Å². The maximum atomic E-state index is 12.5. The van der Waals surface area contributed by atoms with E-state index in [9.17, 15) is 24.0 Å². The SMILES string of the molecule is O=C1CCc2cc(C(=O)COC(=O)CN3C(=O)Cc4ccccc4C3=O)ccc2N1. The zero-order valence-electron chi connectivity index (χ0n) is 16.0. The number of nitrogens with one attached hydrogen (secondary N) is 1. The number of benzene rings is 2. The molecule has 0 saturated carbocycles. The average Bonchev–Trinajstić information content (AvgIpc) is 2.74. The summed E-state index contributed by atoms with van der Waals surface area (Å²) >= 11 is 0. The first-order valence-electron chi connectivity index (χ1n) is 9.46. The van der Waals surface area contributed by atoms with Gasteiger partial charge in [-0.15, -0.1) is 0 Å². The van der Waals surface area contributed by atoms with Gasteiger partial charge in [-0.2, -0.15) is 0 Å². The van der Waals surface area contributed by atoms with Crippen molar-refractivity contribution in [2.75, 3.05) is 18.5 Å². The number of aryl methyl sites for hydroxylation is 1. The molecule has 0 aliphatic carbocycles. The van der Waals surface area contributed by atoms with Crippen molar-refractivity contribution in [1.82, 2.24) is 4.90 Å². The number of amides is 3. The Morgan fingerprint density at radius 2 is 1.80 bits per heavy atom. The number of ketones is 1. The number of anilines is 1. The zero-order chi connectivity index (χ0) is 21.3. The van der Waals surface area contributed by atoms with Gasteiger partial charge in [0, 0.05) is 23.2 Å². The van der Waals surface area contributed by atoms with Gasteiger partial charge < -0.3 is 10.1 Å². The minimum atomic E-state index is -0.838. The van der Waals surface area contributed by atoms with Gasteiger partial charge in [0.05, 0.1) is 6.42 Å². The Hall–Kier alpha value is -3.81. The van der Waals surface area contributed by atoms with Crippen LogP contribution in [0.3, 0.4) is 0 Å². The Kier molecular flexibility index (Phi) is 5.14. The van der Waals surface area contributed by atoms with E-state index in [0.717, 1.165) is 10.5 Å². The molecule has 8 heteroatoms. The number of carbonyl (C=O) groups excluding carboxylic acids is 5. The summed E-state index contributed by atoms with van der Waals surface area (Å²) < 4.78 is 5.00. The summed E-state index contributed by atoms with van der Waals surface area (Å²) in [5.41, 5.74) is 2.87. The summed E-state index contributed by atoms with van der Waals surface area (Å²) in [4.78, 5) is 61.5. The molecule has 1 N–H and O–H groups in total. The van der Waals surface area contributed by atoms with Gasteiger partial charge in [0.25, 0.3) is 5.91 Å². The normalized spacial score (nSPS) is 15.2. The van der Waals surface area contributed by atoms with Crippen LogP contribution in [0.2, 0.25) is 0 Å². The van der Waals surface area contributed by atoms with E-state index in [4.69, 9.17) is 4.74 Å². The number of fused-ring (bicyclic) bond motifs is 2. The van der Waals surface area contributed by atoms with Gasteiger partial charge >= 0.3 is 5.97 Å². The van der Waals surface area contributed by atoms with Gasteiger partial charge in [-0.05, 0) is 41.8 Å². The summed E-state index contributed by atoms with van der Waals surface area (Å²) in [7, 11) is 0. The van der Waals surface area contributed by atoms with Crippen LogP contribution in [-0.2, 0) is 32.0 Å². The second-order valence-electron chi connectivity index (χ2n) is 7.12. The summed E-state index contributed by atoms with van der Waals surface area (Å²) in [6.07, 6.45) is 0.906. The maximum Gasteiger partial charge on any atom is 0.326 e. The number of hydrogen-bond acceptors (Lipinski definition) is 6. The molecule has 0 unspecified atom stereocenters. The lowest BCUT2D eigenvalue weighted by Gasteiger charge is -2.25. The summed E-state index contributed by atoms with van der Waals surface area (Å²) in [6.45, 7) is -1.05. The quantitative estimate of drug-likeness (QED) is 0.458. The Bertz CT molecular complexity index is 1090. The number of rotatable bonds is 5. The number of Topliss-reactive ketones (excluding diaryl/α,β-unsaturated/α-hetero) is 1. The van der Waals surface area contributed by atoms with E-state index < -0.39 is 36.7 Å². The third kappa shape index (κ3) is 3.84. The first-order chi connectivity index (χ1) is 14.4. The van der Waals surface area contributed by atoms with Crippen molar-refractivity contribution in [2.24, 2.45) is 0 Å². The molecule has 0 atom stereocenters. The summed E-state index contributed by atoms with van der Waals surface area (Å²) in [5, 5.41) is 2.73. The minimum absolute atomic E-state index is 0.0276. The third-order valence-corrected chi connectivity index (χ3v) is 5.11. The molecule has 0 saturated heterocycles. The fourth-order valence-corrected chi connectivity index (χ4v) is 3.52. The lowest BCUT2D eigenvalue weighted by Crippen LogP contribution is -2.45. The van der Waals surface area contributed by atoms with E-state index >= 15 is 0 Å². The number of carbonyl (C=O) groups is 5. The lowest BCUT2D eigenvalue weighted by molar-refractivity contribution is -0.146. The molecule has 3 amide bonds. The van der Waals surface area contributed by atoms with E-state index in [1.165, 1.54) is 0 Å². The largest absolute Gasteiger partial charge is 0.456 e. The molecule has 4 rings (SSSR count). The molecule has 152 valence electrons. The highest BCUT2D eigenvalue weighted by atomic mass is 16.5. The van der Waals surface area contributed by atoms with Crippen LogP contribution in [-0.4, -0.2) is 47.5 Å². The molecule has 2 heterocycles. The highest BCUT2D eigenvalue weighted by molar-refractivity contribution is 6.11. The molecule has 2 aromatic carbocycles. The lowest BCUT2D eigenvalue weighted by atomic mass is 9.98. The predicted molar refractivity (Wildman–Crippen MR) is 105 cm³/mol. The molecule has 0 radical (unpaired) electrons. The van der Waals surface area contributed by atoms with Gasteiger partial charge in [-0.3, -0.25) is 28.9 Å². The van der Waals surface area contributed by atoms with Gasteiger partial charge in [0.2, 0.25) is 11.8 Å². The van der Waals surface area contributed by atoms with E-state index in [-0.39, 0.29) is 12.3 Å². The average molecular weight is 406 g/mol. The fourth-order valence-electron chi connectivity index (χ4n) is 3.52. The van der Waals surface area contributed by atoms with Crippen LogP contribution in [0.15, 0.2) is 42.5 Å². The second kappa shape index (κ2) is 7.90. The molecular formula is C22H18N2O6. The van der Waals surface area contributed by atoms with Crippen LogP contribution in [0.5, 0.6) is 0 Å². The topological polar surface area (TPSA) is 110 Å². The molecule has 2 aliphatic heterocycles. The summed E-state index contributed by atoms with van der Waals surface area (Å²) in [5.74, 6) is -2.36. The molecule has 30 heavy (non-hydrogen) atoms. The monoisotopic (exact) mass is 406 g/mol. The van der Waals surface area contributed by atoms with Crippen molar-refractivity contribution in [2.45, 2.75) is 19.3 Å². The van der Waals surface area contributed by atoms with Gasteiger partial charge in [0.15, 0.2) is 12.4 Å². The van der Waals surface area contributed by atoms with Gasteiger partial charge in [0.1, 0.15) is 6.54 Å². The Balaban J connectivity index is 1.36. The van der Waals surface area contributed by atoms with Crippen LogP contribution < -0.4 is 5.32 Å². The predicted octanol–water partition coefficient (Wildman–Crippen LogP) is 1.52. The van der Waals surface area contributed by atoms with Crippen molar-refractivity contribution < 1.29 is 28.7 Å². The van der Waals surface area contributed by atoms with Gasteiger partial charge in [-0.25, -0.2) is 0 Å². The highest BCUT2D eigenvalue weighted by Crippen LogP contribution is 2.24. The van der Waals surface area contributed by atoms with Crippen LogP contribution in [0, 0.1) is 0 Å². The Morgan fingerprint density at radius 1 is 1.00 bits per heavy atom. The van der Waals surface area contributed by atoms with Crippen molar-refractivity contribution in [1.29, 1.82) is 0 Å². The highest BCUT2D eigenvalue weighted by Gasteiger charge is 2.32. The maximum absolute atomic E-state index is 12.5. The zero-order valence-corrected chi connectivity index (χ0v) is 16.0. The van der Waals surface area contributed by atoms with E-state index in [0.29, 0.717) is 35.2 Å². The minimum Gasteiger partial charge on any atom is -0.456 e. The smallest absolute Gasteiger partial charge is 0.326 e. The molecule has 0 fully saturated rings. The van der Waals surface area contributed by atoms with E-state index in [1.54, 1.807) is 42.5 Å². The molecule has 8 nitrogen and oxygen atoms in total. The van der Waals surface area contributed by atoms with Crippen LogP contribution in [0.25, 0.3) is 0 Å². The van der Waals surface area contributed by atoms with Crippen LogP contribution >= 0.6 is 0 Å². The number of nitrogens with zero attached hydrogens (tertiary/aromatic N) is 1. The molecule has 0 bridgehead atoms. The molecule has 2 aromatic rings. The first-order valence-corrected chi connectivity index (χ1v) is 9.46. The third-order valence-electron chi connectivity index (χ3n) is 5.11. The van der Waals surface area contributed by atoms with E-state index in [2.05, 4.69) is 5.32 Å². The van der Waals surface area contributed by atoms with Crippen molar-refractivity contribution in [3.8, 4) is 0 Å². The van der Waals surface area contributed by atoms with Crippen molar-refractivity contribution >= 4 is 35.2 Å². The fraction of sp³-hybridized carbons (Fsp3) is 0.227. The number of imide groups is 1. The first kappa shape index (κ1) is 19.5. The molecule has 0 spiro atoms. The Labute approximate surface area is 171 Å². The molecule has 2 aliphatic rings. The van der Waals surface area contributed by atoms with Crippen LogP contribution in [0.4, 0.5) is 5.69 Å². The molecular weight excluding hydrogens is 388 g/mol. The summed E-state index contributed by atoms with van der Waals surface area (Å²) in [6, 6.07) is 11.6. The second-order valence-corrected chi connectivity index (χ2v) is 7.12. The van der Waals surface area contributed by atoms with Crippen LogP contribution in [0.1, 0.15) is 38.3 Å². The van der Waals surface area contributed by atoms with Crippen molar-refractivity contribution in [3.05, 3.63) is 64.7 Å². The standard InChI is InChI=1S/C22H18N2O6/c25-18(15-5-7-17-14(9-15)6-8-19(26)23-17)12-30-21(28)11-24-20(27)10-13-3-1-2-4-16(13)22(24)29/h1-5,7,9H,6,8,10-12H2,(H,23,26). The molecule has 0 aromatic heterocycles.